The van der Waals surface area contributed by atoms with E-state index in [2.05, 4.69) is 49.1 Å². The second-order valence-electron chi connectivity index (χ2n) is 9.81. The van der Waals surface area contributed by atoms with Crippen molar-refractivity contribution in [2.45, 2.75) is 95.6 Å². The molecule has 1 atom stereocenters. The predicted molar refractivity (Wildman–Crippen MR) is 125 cm³/mol. The average molecular weight is 426 g/mol. The van der Waals surface area contributed by atoms with Gasteiger partial charge >= 0.3 is 0 Å². The van der Waals surface area contributed by atoms with Gasteiger partial charge in [-0.05, 0) is 93.5 Å². The summed E-state index contributed by atoms with van der Waals surface area (Å²) in [6.45, 7) is 6.43. The maximum absolute atomic E-state index is 15.5. The van der Waals surface area contributed by atoms with Crippen molar-refractivity contribution >= 4 is 0 Å². The van der Waals surface area contributed by atoms with Gasteiger partial charge in [0, 0.05) is 12.6 Å². The molecule has 2 aliphatic carbocycles. The first kappa shape index (κ1) is 22.5. The van der Waals surface area contributed by atoms with E-state index < -0.39 is 11.3 Å². The fourth-order valence-corrected chi connectivity index (χ4v) is 5.30. The van der Waals surface area contributed by atoms with Crippen LogP contribution in [0.25, 0.3) is 0 Å². The fourth-order valence-electron chi connectivity index (χ4n) is 5.30. The van der Waals surface area contributed by atoms with Crippen molar-refractivity contribution in [1.29, 1.82) is 0 Å². The van der Waals surface area contributed by atoms with Gasteiger partial charge in [-0.2, -0.15) is 0 Å². The van der Waals surface area contributed by atoms with E-state index in [9.17, 15) is 0 Å². The highest BCUT2D eigenvalue weighted by Crippen LogP contribution is 2.51. The highest BCUT2D eigenvalue weighted by molar-refractivity contribution is 5.44. The third-order valence-electron chi connectivity index (χ3n) is 7.61. The van der Waals surface area contributed by atoms with E-state index >= 15 is 8.78 Å². The molecule has 2 aromatic carbocycles. The molecule has 0 radical (unpaired) electrons. The normalized spacial score (nSPS) is 20.2. The first-order valence-corrected chi connectivity index (χ1v) is 12.2. The topological polar surface area (TPSA) is 3.24 Å². The summed E-state index contributed by atoms with van der Waals surface area (Å²) in [6, 6.07) is 16.7. The maximum Gasteiger partial charge on any atom is 0.136 e. The Morgan fingerprint density at radius 3 is 1.94 bits per heavy atom. The maximum atomic E-state index is 15.5. The van der Waals surface area contributed by atoms with Crippen molar-refractivity contribution in [3.05, 3.63) is 70.8 Å². The zero-order chi connectivity index (χ0) is 21.9. The highest BCUT2D eigenvalue weighted by atomic mass is 19.1. The van der Waals surface area contributed by atoms with Crippen molar-refractivity contribution in [3.63, 3.8) is 0 Å². The van der Waals surface area contributed by atoms with Crippen LogP contribution in [0.4, 0.5) is 8.78 Å². The lowest BCUT2D eigenvalue weighted by atomic mass is 9.69. The van der Waals surface area contributed by atoms with Crippen LogP contribution in [0.3, 0.4) is 0 Å². The lowest BCUT2D eigenvalue weighted by Crippen LogP contribution is -2.36. The van der Waals surface area contributed by atoms with Gasteiger partial charge in [0.1, 0.15) is 11.3 Å². The molecular formula is C28H37F2N. The van der Waals surface area contributed by atoms with Crippen LogP contribution in [0.2, 0.25) is 0 Å². The Kier molecular flexibility index (Phi) is 6.81. The van der Waals surface area contributed by atoms with Crippen LogP contribution >= 0.6 is 0 Å². The van der Waals surface area contributed by atoms with Crippen LogP contribution in [0, 0.1) is 0 Å². The number of hydrogen-bond acceptors (Lipinski definition) is 1. The largest absolute Gasteiger partial charge is 0.296 e. The van der Waals surface area contributed by atoms with Crippen LogP contribution in [0.5, 0.6) is 0 Å². The van der Waals surface area contributed by atoms with Crippen LogP contribution in [0.15, 0.2) is 48.5 Å². The van der Waals surface area contributed by atoms with E-state index in [-0.39, 0.29) is 0 Å². The minimum atomic E-state index is -1.25. The van der Waals surface area contributed by atoms with Gasteiger partial charge in [0.25, 0.3) is 0 Å². The summed E-state index contributed by atoms with van der Waals surface area (Å²) in [5.74, 6) is 0. The molecule has 0 saturated heterocycles. The molecule has 2 saturated carbocycles. The molecule has 4 rings (SSSR count). The summed E-state index contributed by atoms with van der Waals surface area (Å²) in [6.07, 6.45) is 6.94. The van der Waals surface area contributed by atoms with Crippen LogP contribution in [0.1, 0.15) is 87.5 Å². The number of benzene rings is 2. The quantitative estimate of drug-likeness (QED) is 0.378. The SMILES string of the molecule is CCCN(Cc1ccccc1)C(C)CCc1c(C2(F)CCC2)cccc1C1(F)CCC1. The fraction of sp³-hybridized carbons (Fsp3) is 0.571. The molecule has 0 aliphatic heterocycles. The molecule has 0 N–H and O–H groups in total. The van der Waals surface area contributed by atoms with Crippen molar-refractivity contribution in [3.8, 4) is 0 Å². The van der Waals surface area contributed by atoms with Crippen molar-refractivity contribution < 1.29 is 8.78 Å². The number of alkyl halides is 2. The van der Waals surface area contributed by atoms with Gasteiger partial charge < -0.3 is 0 Å². The number of rotatable bonds is 10. The van der Waals surface area contributed by atoms with E-state index in [4.69, 9.17) is 0 Å². The van der Waals surface area contributed by atoms with Gasteiger partial charge in [0.05, 0.1) is 0 Å². The molecular weight excluding hydrogens is 388 g/mol. The molecule has 0 bridgehead atoms. The summed E-state index contributed by atoms with van der Waals surface area (Å²) in [7, 11) is 0. The molecule has 0 aromatic heterocycles. The molecule has 0 spiro atoms. The monoisotopic (exact) mass is 425 g/mol. The summed E-state index contributed by atoms with van der Waals surface area (Å²) >= 11 is 0. The van der Waals surface area contributed by atoms with Crippen molar-refractivity contribution in [1.82, 2.24) is 4.90 Å². The Labute approximate surface area is 186 Å². The Morgan fingerprint density at radius 1 is 0.871 bits per heavy atom. The van der Waals surface area contributed by atoms with Gasteiger partial charge in [-0.25, -0.2) is 8.78 Å². The second kappa shape index (κ2) is 9.40. The first-order valence-electron chi connectivity index (χ1n) is 12.2. The van der Waals surface area contributed by atoms with Gasteiger partial charge in [0.15, 0.2) is 0 Å². The third kappa shape index (κ3) is 4.72. The molecule has 1 unspecified atom stereocenters. The van der Waals surface area contributed by atoms with Gasteiger partial charge in [0.2, 0.25) is 0 Å². The zero-order valence-corrected chi connectivity index (χ0v) is 19.2. The zero-order valence-electron chi connectivity index (χ0n) is 19.2. The standard InChI is InChI=1S/C28H37F2N/c1-3-20-31(21-23-10-5-4-6-11-23)22(2)14-15-24-25(27(29)16-8-17-27)12-7-13-26(24)28(30)18-9-19-28/h4-7,10-13,22H,3,8-9,14-21H2,1-2H3. The van der Waals surface area contributed by atoms with E-state index in [1.54, 1.807) is 0 Å². The van der Waals surface area contributed by atoms with Gasteiger partial charge in [-0.1, -0.05) is 55.5 Å². The summed E-state index contributed by atoms with van der Waals surface area (Å²) in [5.41, 5.74) is 1.34. The van der Waals surface area contributed by atoms with E-state index in [0.717, 1.165) is 61.9 Å². The second-order valence-corrected chi connectivity index (χ2v) is 9.81. The molecule has 3 heteroatoms. The first-order chi connectivity index (χ1) is 15.0. The Hall–Kier alpha value is -1.74. The summed E-state index contributed by atoms with van der Waals surface area (Å²) in [5, 5.41) is 0. The molecule has 2 fully saturated rings. The van der Waals surface area contributed by atoms with E-state index in [1.165, 1.54) is 5.56 Å². The Bertz CT molecular complexity index is 816. The van der Waals surface area contributed by atoms with E-state index in [0.29, 0.717) is 31.7 Å². The third-order valence-corrected chi connectivity index (χ3v) is 7.61. The smallest absolute Gasteiger partial charge is 0.136 e. The lowest BCUT2D eigenvalue weighted by molar-refractivity contribution is 0.0511. The summed E-state index contributed by atoms with van der Waals surface area (Å²) < 4.78 is 31.1. The number of hydrogen-bond donors (Lipinski definition) is 0. The predicted octanol–water partition coefficient (Wildman–Crippen LogP) is 7.62. The summed E-state index contributed by atoms with van der Waals surface area (Å²) in [4.78, 5) is 2.51. The molecule has 0 heterocycles. The molecule has 31 heavy (non-hydrogen) atoms. The Morgan fingerprint density at radius 2 is 1.45 bits per heavy atom. The van der Waals surface area contributed by atoms with Crippen LogP contribution in [-0.4, -0.2) is 17.5 Å². The minimum absolute atomic E-state index is 0.356. The lowest BCUT2D eigenvalue weighted by Gasteiger charge is -2.40. The average Bonchev–Trinajstić information content (AvgIpc) is 2.74. The van der Waals surface area contributed by atoms with Gasteiger partial charge in [-0.3, -0.25) is 4.90 Å². The molecule has 168 valence electrons. The molecule has 0 amide bonds. The highest BCUT2D eigenvalue weighted by Gasteiger charge is 2.45. The van der Waals surface area contributed by atoms with Crippen molar-refractivity contribution in [2.75, 3.05) is 6.54 Å². The van der Waals surface area contributed by atoms with Crippen molar-refractivity contribution in [2.24, 2.45) is 0 Å². The number of nitrogens with zero attached hydrogens (tertiary/aromatic N) is 1. The minimum Gasteiger partial charge on any atom is -0.296 e. The molecule has 1 nitrogen and oxygen atoms in total. The van der Waals surface area contributed by atoms with E-state index in [1.807, 2.05) is 18.2 Å². The molecule has 2 aliphatic rings. The van der Waals surface area contributed by atoms with Crippen LogP contribution < -0.4 is 0 Å². The van der Waals surface area contributed by atoms with Crippen LogP contribution in [-0.2, 0) is 24.3 Å². The van der Waals surface area contributed by atoms with Gasteiger partial charge in [-0.15, -0.1) is 0 Å². The number of halogens is 2. The Balaban J connectivity index is 1.54. The molecule has 2 aromatic rings.